The van der Waals surface area contributed by atoms with Crippen LogP contribution in [-0.4, -0.2) is 15.0 Å². The summed E-state index contributed by atoms with van der Waals surface area (Å²) < 4.78 is 53.5. The molecule has 0 atom stereocenters. The highest BCUT2D eigenvalue weighted by molar-refractivity contribution is 9.10. The Morgan fingerprint density at radius 1 is 0.967 bits per heavy atom. The minimum Gasteiger partial charge on any atom is -0.332 e. The van der Waals surface area contributed by atoms with Crippen molar-refractivity contribution in [2.24, 2.45) is 0 Å². The van der Waals surface area contributed by atoms with Gasteiger partial charge in [0, 0.05) is 17.3 Å². The molecule has 2 aromatic carbocycles. The number of imidazole rings is 1. The van der Waals surface area contributed by atoms with Crippen LogP contribution in [0.15, 0.2) is 65.4 Å². The normalized spacial score (nSPS) is 11.7. The predicted octanol–water partition coefficient (Wildman–Crippen LogP) is 7.38. The number of aromatic amines is 1. The molecule has 9 heteroatoms. The SMILES string of the molecule is Fc1cccc(Cl)c1-c1nc(-c2ccc(-c3cccc(C(F)(F)F)c3)nc2)c(Br)[nH]1. The van der Waals surface area contributed by atoms with Gasteiger partial charge in [-0.05, 0) is 52.3 Å². The second-order valence-electron chi connectivity index (χ2n) is 6.36. The molecule has 0 saturated carbocycles. The van der Waals surface area contributed by atoms with Gasteiger partial charge in [0.25, 0.3) is 0 Å². The van der Waals surface area contributed by atoms with Gasteiger partial charge in [-0.3, -0.25) is 4.98 Å². The first-order valence-electron chi connectivity index (χ1n) is 8.58. The second-order valence-corrected chi connectivity index (χ2v) is 7.56. The van der Waals surface area contributed by atoms with E-state index < -0.39 is 17.6 Å². The van der Waals surface area contributed by atoms with Gasteiger partial charge in [-0.15, -0.1) is 0 Å². The van der Waals surface area contributed by atoms with Crippen molar-refractivity contribution in [3.05, 3.63) is 81.8 Å². The van der Waals surface area contributed by atoms with Crippen LogP contribution in [0.2, 0.25) is 5.02 Å². The summed E-state index contributed by atoms with van der Waals surface area (Å²) >= 11 is 9.46. The number of H-pyrrole nitrogens is 1. The molecule has 2 aromatic heterocycles. The molecule has 0 radical (unpaired) electrons. The summed E-state index contributed by atoms with van der Waals surface area (Å²) in [5.74, 6) is -0.282. The van der Waals surface area contributed by atoms with Crippen molar-refractivity contribution in [3.8, 4) is 33.9 Å². The quantitative estimate of drug-likeness (QED) is 0.301. The van der Waals surface area contributed by atoms with Gasteiger partial charge in [0.1, 0.15) is 21.9 Å². The Morgan fingerprint density at radius 2 is 1.73 bits per heavy atom. The number of hydrogen-bond acceptors (Lipinski definition) is 2. The fourth-order valence-corrected chi connectivity index (χ4v) is 3.70. The topological polar surface area (TPSA) is 41.6 Å². The predicted molar refractivity (Wildman–Crippen MR) is 110 cm³/mol. The van der Waals surface area contributed by atoms with Gasteiger partial charge in [-0.1, -0.05) is 29.8 Å². The van der Waals surface area contributed by atoms with E-state index >= 15 is 0 Å². The number of benzene rings is 2. The molecule has 0 bridgehead atoms. The lowest BCUT2D eigenvalue weighted by molar-refractivity contribution is -0.137. The van der Waals surface area contributed by atoms with Crippen molar-refractivity contribution in [2.45, 2.75) is 6.18 Å². The summed E-state index contributed by atoms with van der Waals surface area (Å²) in [4.78, 5) is 11.6. The van der Waals surface area contributed by atoms with Crippen LogP contribution < -0.4 is 0 Å². The average molecular weight is 497 g/mol. The summed E-state index contributed by atoms with van der Waals surface area (Å²) in [6, 6.07) is 12.6. The fourth-order valence-electron chi connectivity index (χ4n) is 2.95. The van der Waals surface area contributed by atoms with Crippen LogP contribution in [0.5, 0.6) is 0 Å². The minimum absolute atomic E-state index is 0.139. The largest absolute Gasteiger partial charge is 0.416 e. The van der Waals surface area contributed by atoms with Gasteiger partial charge < -0.3 is 4.98 Å². The van der Waals surface area contributed by atoms with Crippen LogP contribution in [0.3, 0.4) is 0 Å². The van der Waals surface area contributed by atoms with Crippen LogP contribution in [0, 0.1) is 5.82 Å². The van der Waals surface area contributed by atoms with E-state index in [0.29, 0.717) is 27.1 Å². The molecule has 0 aliphatic rings. The average Bonchev–Trinajstić information content (AvgIpc) is 3.08. The molecule has 0 saturated heterocycles. The molecule has 2 heterocycles. The third-order valence-corrected chi connectivity index (χ3v) is 5.27. The van der Waals surface area contributed by atoms with Gasteiger partial charge in [0.2, 0.25) is 0 Å². The van der Waals surface area contributed by atoms with Crippen molar-refractivity contribution >= 4 is 27.5 Å². The lowest BCUT2D eigenvalue weighted by Crippen LogP contribution is -2.04. The summed E-state index contributed by atoms with van der Waals surface area (Å²) in [7, 11) is 0. The number of alkyl halides is 3. The van der Waals surface area contributed by atoms with Crippen molar-refractivity contribution in [2.75, 3.05) is 0 Å². The van der Waals surface area contributed by atoms with E-state index in [4.69, 9.17) is 11.6 Å². The van der Waals surface area contributed by atoms with E-state index in [9.17, 15) is 17.6 Å². The number of halogens is 6. The zero-order valence-corrected chi connectivity index (χ0v) is 17.3. The van der Waals surface area contributed by atoms with Crippen LogP contribution in [0.1, 0.15) is 5.56 Å². The van der Waals surface area contributed by atoms with E-state index in [1.54, 1.807) is 24.3 Å². The van der Waals surface area contributed by atoms with Crippen molar-refractivity contribution < 1.29 is 17.6 Å². The maximum absolute atomic E-state index is 14.2. The summed E-state index contributed by atoms with van der Waals surface area (Å²) in [5, 5.41) is 0.209. The standard InChI is InChI=1S/C21H11BrClF4N3/c22-19-18(29-20(30-19)17-14(23)5-2-6-15(17)24)12-7-8-16(28-10-12)11-3-1-4-13(9-11)21(25,26)27/h1-10H,(H,29,30). The van der Waals surface area contributed by atoms with Gasteiger partial charge in [-0.2, -0.15) is 13.2 Å². The molecule has 0 aliphatic heterocycles. The second kappa shape index (κ2) is 7.85. The van der Waals surface area contributed by atoms with Crippen molar-refractivity contribution in [1.82, 2.24) is 15.0 Å². The van der Waals surface area contributed by atoms with Crippen LogP contribution in [0.25, 0.3) is 33.9 Å². The molecule has 1 N–H and O–H groups in total. The minimum atomic E-state index is -4.43. The highest BCUT2D eigenvalue weighted by Crippen LogP contribution is 2.35. The molecule has 152 valence electrons. The molecule has 0 unspecified atom stereocenters. The monoisotopic (exact) mass is 495 g/mol. The Hall–Kier alpha value is -2.71. The van der Waals surface area contributed by atoms with E-state index in [0.717, 1.165) is 12.1 Å². The zero-order chi connectivity index (χ0) is 21.5. The first-order chi connectivity index (χ1) is 14.2. The molecule has 3 nitrogen and oxygen atoms in total. The molecular formula is C21H11BrClF4N3. The highest BCUT2D eigenvalue weighted by atomic mass is 79.9. The van der Waals surface area contributed by atoms with Gasteiger partial charge >= 0.3 is 6.18 Å². The first kappa shape index (κ1) is 20.6. The number of pyridine rings is 1. The summed E-state index contributed by atoms with van der Waals surface area (Å²) in [6.45, 7) is 0. The van der Waals surface area contributed by atoms with Crippen LogP contribution >= 0.6 is 27.5 Å². The molecule has 4 aromatic rings. The molecule has 0 fully saturated rings. The number of nitrogens with zero attached hydrogens (tertiary/aromatic N) is 2. The third-order valence-electron chi connectivity index (χ3n) is 4.38. The Bertz CT molecular complexity index is 1200. The smallest absolute Gasteiger partial charge is 0.332 e. The van der Waals surface area contributed by atoms with Crippen molar-refractivity contribution in [3.63, 3.8) is 0 Å². The molecular weight excluding hydrogens is 486 g/mol. The molecule has 0 amide bonds. The number of nitrogens with one attached hydrogen (secondary N) is 1. The first-order valence-corrected chi connectivity index (χ1v) is 9.75. The van der Waals surface area contributed by atoms with Crippen molar-refractivity contribution in [1.29, 1.82) is 0 Å². The summed E-state index contributed by atoms with van der Waals surface area (Å²) in [5.41, 5.74) is 1.18. The lowest BCUT2D eigenvalue weighted by atomic mass is 10.1. The Balaban J connectivity index is 1.68. The molecule has 30 heavy (non-hydrogen) atoms. The maximum atomic E-state index is 14.2. The Morgan fingerprint density at radius 3 is 2.40 bits per heavy atom. The Labute approximate surface area is 181 Å². The number of aromatic nitrogens is 3. The molecule has 0 aliphatic carbocycles. The highest BCUT2D eigenvalue weighted by Gasteiger charge is 2.30. The summed E-state index contributed by atoms with van der Waals surface area (Å²) in [6.07, 6.45) is -2.94. The van der Waals surface area contributed by atoms with Gasteiger partial charge in [0.05, 0.1) is 21.8 Å². The van der Waals surface area contributed by atoms with Gasteiger partial charge in [-0.25, -0.2) is 9.37 Å². The van der Waals surface area contributed by atoms with Gasteiger partial charge in [0.15, 0.2) is 0 Å². The van der Waals surface area contributed by atoms with Crippen LogP contribution in [-0.2, 0) is 6.18 Å². The third kappa shape index (κ3) is 3.97. The molecule has 0 spiro atoms. The van der Waals surface area contributed by atoms with E-state index in [1.807, 2.05) is 0 Å². The number of rotatable bonds is 3. The lowest BCUT2D eigenvalue weighted by Gasteiger charge is -2.08. The maximum Gasteiger partial charge on any atom is 0.416 e. The van der Waals surface area contributed by atoms with E-state index in [-0.39, 0.29) is 16.4 Å². The zero-order valence-electron chi connectivity index (χ0n) is 14.9. The van der Waals surface area contributed by atoms with E-state index in [1.165, 1.54) is 24.4 Å². The fraction of sp³-hybridized carbons (Fsp3) is 0.0476. The van der Waals surface area contributed by atoms with Crippen LogP contribution in [0.4, 0.5) is 17.6 Å². The van der Waals surface area contributed by atoms with E-state index in [2.05, 4.69) is 30.9 Å². The molecule has 4 rings (SSSR count). The number of hydrogen-bond donors (Lipinski definition) is 1. The Kier molecular flexibility index (Phi) is 5.38.